The number of aromatic nitrogens is 2. The van der Waals surface area contributed by atoms with Gasteiger partial charge < -0.3 is 15.2 Å². The third-order valence-corrected chi connectivity index (χ3v) is 3.85. The number of imidazole rings is 1. The molecule has 1 aromatic rings. The highest BCUT2D eigenvalue weighted by Gasteiger charge is 2.30. The van der Waals surface area contributed by atoms with Crippen LogP contribution in [0.5, 0.6) is 0 Å². The molecule has 0 atom stereocenters. The van der Waals surface area contributed by atoms with Crippen LogP contribution in [0.4, 0.5) is 0 Å². The lowest BCUT2D eigenvalue weighted by atomic mass is 10.0. The van der Waals surface area contributed by atoms with Crippen LogP contribution in [0.3, 0.4) is 0 Å². The molecule has 2 N–H and O–H groups in total. The summed E-state index contributed by atoms with van der Waals surface area (Å²) in [4.78, 5) is 20.6. The molecular weight excluding hydrogens is 242 g/mol. The first-order valence-electron chi connectivity index (χ1n) is 6.66. The summed E-state index contributed by atoms with van der Waals surface area (Å²) < 4.78 is 1.79. The molecule has 1 saturated heterocycles. The SMILES string of the molecule is Cn1cnc(C(=O)N2CCN(C(C)(C)CN)CC2)c1. The Bertz CT molecular complexity index is 446. The number of hydrogen-bond acceptors (Lipinski definition) is 4. The van der Waals surface area contributed by atoms with E-state index in [-0.39, 0.29) is 11.4 Å². The molecule has 6 heteroatoms. The lowest BCUT2D eigenvalue weighted by Crippen LogP contribution is -2.58. The van der Waals surface area contributed by atoms with E-state index < -0.39 is 0 Å². The molecule has 1 aliphatic heterocycles. The Hall–Kier alpha value is -1.40. The Balaban J connectivity index is 1.95. The summed E-state index contributed by atoms with van der Waals surface area (Å²) in [6.07, 6.45) is 3.42. The van der Waals surface area contributed by atoms with E-state index in [4.69, 9.17) is 5.73 Å². The van der Waals surface area contributed by atoms with E-state index in [1.807, 2.05) is 11.9 Å². The molecule has 6 nitrogen and oxygen atoms in total. The first-order chi connectivity index (χ1) is 8.94. The summed E-state index contributed by atoms with van der Waals surface area (Å²) >= 11 is 0. The van der Waals surface area contributed by atoms with E-state index in [0.29, 0.717) is 12.2 Å². The standard InChI is InChI=1S/C13H23N5O/c1-13(2,9-14)18-6-4-17(5-7-18)12(19)11-8-16(3)10-15-11/h8,10H,4-7,9,14H2,1-3H3. The molecule has 2 heterocycles. The van der Waals surface area contributed by atoms with Crippen molar-refractivity contribution in [3.63, 3.8) is 0 Å². The Morgan fingerprint density at radius 3 is 2.47 bits per heavy atom. The molecule has 0 radical (unpaired) electrons. The molecule has 0 aromatic carbocycles. The van der Waals surface area contributed by atoms with Crippen LogP contribution >= 0.6 is 0 Å². The molecule has 0 spiro atoms. The number of nitrogens with zero attached hydrogens (tertiary/aromatic N) is 4. The number of hydrogen-bond donors (Lipinski definition) is 1. The number of aryl methyl sites for hydroxylation is 1. The average molecular weight is 265 g/mol. The predicted octanol–water partition coefficient (Wildman–Crippen LogP) is -0.0848. The summed E-state index contributed by atoms with van der Waals surface area (Å²) in [6, 6.07) is 0. The zero-order valence-corrected chi connectivity index (χ0v) is 12.0. The first kappa shape index (κ1) is 14.0. The van der Waals surface area contributed by atoms with Gasteiger partial charge in [-0.3, -0.25) is 9.69 Å². The second kappa shape index (κ2) is 5.30. The molecule has 0 bridgehead atoms. The quantitative estimate of drug-likeness (QED) is 0.830. The van der Waals surface area contributed by atoms with Gasteiger partial charge in [-0.1, -0.05) is 0 Å². The lowest BCUT2D eigenvalue weighted by molar-refractivity contribution is 0.0422. The summed E-state index contributed by atoms with van der Waals surface area (Å²) in [5, 5.41) is 0. The van der Waals surface area contributed by atoms with E-state index in [1.54, 1.807) is 17.1 Å². The van der Waals surface area contributed by atoms with Gasteiger partial charge in [0, 0.05) is 51.5 Å². The van der Waals surface area contributed by atoms with E-state index in [2.05, 4.69) is 23.7 Å². The number of piperazine rings is 1. The summed E-state index contributed by atoms with van der Waals surface area (Å²) in [5.74, 6) is 0.0193. The monoisotopic (exact) mass is 265 g/mol. The van der Waals surface area contributed by atoms with Crippen molar-refractivity contribution in [1.29, 1.82) is 0 Å². The van der Waals surface area contributed by atoms with Crippen molar-refractivity contribution in [1.82, 2.24) is 19.4 Å². The molecule has 1 amide bonds. The van der Waals surface area contributed by atoms with Crippen LogP contribution in [0.15, 0.2) is 12.5 Å². The number of rotatable bonds is 3. The zero-order chi connectivity index (χ0) is 14.0. The number of carbonyl (C=O) groups is 1. The van der Waals surface area contributed by atoms with Crippen LogP contribution in [0.1, 0.15) is 24.3 Å². The topological polar surface area (TPSA) is 67.4 Å². The Kier molecular flexibility index (Phi) is 3.91. The van der Waals surface area contributed by atoms with Crippen molar-refractivity contribution in [2.24, 2.45) is 12.8 Å². The molecule has 19 heavy (non-hydrogen) atoms. The van der Waals surface area contributed by atoms with Crippen molar-refractivity contribution in [2.45, 2.75) is 19.4 Å². The second-order valence-corrected chi connectivity index (χ2v) is 5.72. The van der Waals surface area contributed by atoms with Gasteiger partial charge in [0.15, 0.2) is 0 Å². The molecule has 106 valence electrons. The van der Waals surface area contributed by atoms with Crippen LogP contribution in [-0.4, -0.2) is 63.5 Å². The van der Waals surface area contributed by atoms with Crippen molar-refractivity contribution in [3.05, 3.63) is 18.2 Å². The second-order valence-electron chi connectivity index (χ2n) is 5.72. The van der Waals surface area contributed by atoms with Crippen molar-refractivity contribution >= 4 is 5.91 Å². The summed E-state index contributed by atoms with van der Waals surface area (Å²) in [5.41, 5.74) is 6.31. The fourth-order valence-corrected chi connectivity index (χ4v) is 2.33. The average Bonchev–Trinajstić information content (AvgIpc) is 2.85. The maximum atomic E-state index is 12.2. The maximum absolute atomic E-state index is 12.2. The van der Waals surface area contributed by atoms with Gasteiger partial charge in [-0.25, -0.2) is 4.98 Å². The van der Waals surface area contributed by atoms with E-state index in [1.165, 1.54) is 0 Å². The van der Waals surface area contributed by atoms with Crippen LogP contribution in [0.2, 0.25) is 0 Å². The highest BCUT2D eigenvalue weighted by molar-refractivity contribution is 5.92. The lowest BCUT2D eigenvalue weighted by Gasteiger charge is -2.43. The Morgan fingerprint density at radius 2 is 2.00 bits per heavy atom. The minimum Gasteiger partial charge on any atom is -0.340 e. The van der Waals surface area contributed by atoms with Crippen LogP contribution in [0.25, 0.3) is 0 Å². The fraction of sp³-hybridized carbons (Fsp3) is 0.692. The predicted molar refractivity (Wildman–Crippen MR) is 73.8 cm³/mol. The molecular formula is C13H23N5O. The van der Waals surface area contributed by atoms with E-state index >= 15 is 0 Å². The first-order valence-corrected chi connectivity index (χ1v) is 6.66. The minimum atomic E-state index is 0.000133. The highest BCUT2D eigenvalue weighted by Crippen LogP contribution is 2.16. The molecule has 1 fully saturated rings. The molecule has 0 unspecified atom stereocenters. The van der Waals surface area contributed by atoms with Crippen molar-refractivity contribution < 1.29 is 4.79 Å². The molecule has 1 aliphatic rings. The normalized spacial score (nSPS) is 17.8. The smallest absolute Gasteiger partial charge is 0.274 e. The van der Waals surface area contributed by atoms with Gasteiger partial charge in [0.25, 0.3) is 5.91 Å². The van der Waals surface area contributed by atoms with Crippen molar-refractivity contribution in [3.8, 4) is 0 Å². The summed E-state index contributed by atoms with van der Waals surface area (Å²) in [7, 11) is 1.87. The Labute approximate surface area is 114 Å². The summed E-state index contributed by atoms with van der Waals surface area (Å²) in [6.45, 7) is 8.11. The van der Waals surface area contributed by atoms with Crippen LogP contribution < -0.4 is 5.73 Å². The largest absolute Gasteiger partial charge is 0.340 e. The van der Waals surface area contributed by atoms with Gasteiger partial charge >= 0.3 is 0 Å². The Morgan fingerprint density at radius 1 is 1.37 bits per heavy atom. The molecule has 0 aliphatic carbocycles. The molecule has 2 rings (SSSR count). The van der Waals surface area contributed by atoms with Gasteiger partial charge in [0.2, 0.25) is 0 Å². The van der Waals surface area contributed by atoms with Gasteiger partial charge in [-0.15, -0.1) is 0 Å². The van der Waals surface area contributed by atoms with Gasteiger partial charge in [-0.2, -0.15) is 0 Å². The van der Waals surface area contributed by atoms with E-state index in [9.17, 15) is 4.79 Å². The molecule has 0 saturated carbocycles. The number of amides is 1. The van der Waals surface area contributed by atoms with E-state index in [0.717, 1.165) is 26.2 Å². The third kappa shape index (κ3) is 2.96. The fourth-order valence-electron chi connectivity index (χ4n) is 2.33. The number of carbonyl (C=O) groups excluding carboxylic acids is 1. The highest BCUT2D eigenvalue weighted by atomic mass is 16.2. The third-order valence-electron chi connectivity index (χ3n) is 3.85. The van der Waals surface area contributed by atoms with Crippen molar-refractivity contribution in [2.75, 3.05) is 32.7 Å². The van der Waals surface area contributed by atoms with Gasteiger partial charge in [-0.05, 0) is 13.8 Å². The zero-order valence-electron chi connectivity index (χ0n) is 12.0. The minimum absolute atomic E-state index is 0.000133. The molecule has 1 aromatic heterocycles. The number of nitrogens with two attached hydrogens (primary N) is 1. The van der Waals surface area contributed by atoms with Crippen LogP contribution in [0, 0.1) is 0 Å². The van der Waals surface area contributed by atoms with Crippen LogP contribution in [-0.2, 0) is 7.05 Å². The van der Waals surface area contributed by atoms with Gasteiger partial charge in [0.05, 0.1) is 6.33 Å². The maximum Gasteiger partial charge on any atom is 0.274 e. The van der Waals surface area contributed by atoms with Gasteiger partial charge in [0.1, 0.15) is 5.69 Å².